The predicted molar refractivity (Wildman–Crippen MR) is 72.0 cm³/mol. The Morgan fingerprint density at radius 1 is 1.32 bits per heavy atom. The van der Waals surface area contributed by atoms with Gasteiger partial charge in [-0.25, -0.2) is 9.59 Å². The fourth-order valence-electron chi connectivity index (χ4n) is 3.10. The minimum atomic E-state index is -0.995. The smallest absolute Gasteiger partial charge is 0.329 e. The molecule has 1 aliphatic carbocycles. The average molecular weight is 268 g/mol. The number of likely N-dealkylation sites (tertiary alicyclic amines) is 1. The summed E-state index contributed by atoms with van der Waals surface area (Å²) >= 11 is 0. The lowest BCUT2D eigenvalue weighted by atomic mass is 9.77. The molecule has 2 rings (SSSR count). The van der Waals surface area contributed by atoms with Crippen LogP contribution in [0.4, 0.5) is 4.79 Å². The van der Waals surface area contributed by atoms with E-state index in [-0.39, 0.29) is 12.1 Å². The summed E-state index contributed by atoms with van der Waals surface area (Å²) in [5.74, 6) is -0.892. The van der Waals surface area contributed by atoms with Gasteiger partial charge in [-0.3, -0.25) is 0 Å². The summed E-state index contributed by atoms with van der Waals surface area (Å²) in [6.45, 7) is 2.88. The maximum atomic E-state index is 12.3. The van der Waals surface area contributed by atoms with Gasteiger partial charge in [0.15, 0.2) is 0 Å². The highest BCUT2D eigenvalue weighted by Gasteiger charge is 2.46. The number of urea groups is 1. The maximum absolute atomic E-state index is 12.3. The van der Waals surface area contributed by atoms with E-state index >= 15 is 0 Å². The molecule has 1 atom stereocenters. The number of rotatable bonds is 4. The highest BCUT2D eigenvalue weighted by Crippen LogP contribution is 2.32. The van der Waals surface area contributed by atoms with Gasteiger partial charge >= 0.3 is 12.0 Å². The van der Waals surface area contributed by atoms with Crippen molar-refractivity contribution in [2.24, 2.45) is 0 Å². The van der Waals surface area contributed by atoms with Crippen LogP contribution in [0.3, 0.4) is 0 Å². The molecule has 1 unspecified atom stereocenters. The van der Waals surface area contributed by atoms with Gasteiger partial charge in [0, 0.05) is 12.6 Å². The third-order valence-electron chi connectivity index (χ3n) is 4.47. The van der Waals surface area contributed by atoms with Crippen LogP contribution in [0.15, 0.2) is 0 Å². The normalized spacial score (nSPS) is 25.5. The van der Waals surface area contributed by atoms with E-state index in [2.05, 4.69) is 12.2 Å². The molecule has 0 spiro atoms. The van der Waals surface area contributed by atoms with Gasteiger partial charge in [-0.05, 0) is 44.9 Å². The van der Waals surface area contributed by atoms with Gasteiger partial charge in [-0.2, -0.15) is 0 Å². The first-order valence-corrected chi connectivity index (χ1v) is 7.41. The van der Waals surface area contributed by atoms with Crippen molar-refractivity contribution in [2.75, 3.05) is 6.54 Å². The van der Waals surface area contributed by atoms with E-state index < -0.39 is 11.5 Å². The molecule has 108 valence electrons. The summed E-state index contributed by atoms with van der Waals surface area (Å²) in [7, 11) is 0. The Hall–Kier alpha value is -1.26. The van der Waals surface area contributed by atoms with Gasteiger partial charge in [0.25, 0.3) is 0 Å². The molecule has 2 N–H and O–H groups in total. The first-order valence-electron chi connectivity index (χ1n) is 7.41. The summed E-state index contributed by atoms with van der Waals surface area (Å²) in [5.41, 5.74) is -0.995. The van der Waals surface area contributed by atoms with Crippen molar-refractivity contribution in [3.8, 4) is 0 Å². The van der Waals surface area contributed by atoms with Crippen molar-refractivity contribution in [1.82, 2.24) is 10.2 Å². The number of hydrogen-bond donors (Lipinski definition) is 2. The zero-order valence-corrected chi connectivity index (χ0v) is 11.7. The number of carboxylic acids is 1. The molecule has 1 heterocycles. The zero-order valence-electron chi connectivity index (χ0n) is 11.7. The van der Waals surface area contributed by atoms with Gasteiger partial charge in [0.2, 0.25) is 0 Å². The van der Waals surface area contributed by atoms with Gasteiger partial charge in [0.05, 0.1) is 0 Å². The van der Waals surface area contributed by atoms with Crippen LogP contribution in [0.2, 0.25) is 0 Å². The Morgan fingerprint density at radius 2 is 2.05 bits per heavy atom. The number of piperidine rings is 1. The SMILES string of the molecule is CCCC1CCCCN1C(=O)NC1(C(=O)O)CCC1. The number of aliphatic carboxylic acids is 1. The van der Waals surface area contributed by atoms with Crippen molar-refractivity contribution in [3.63, 3.8) is 0 Å². The van der Waals surface area contributed by atoms with E-state index in [0.29, 0.717) is 12.8 Å². The molecular formula is C14H24N2O3. The number of carboxylic acid groups (broad SMARTS) is 1. The average Bonchev–Trinajstić information content (AvgIpc) is 2.34. The molecule has 0 bridgehead atoms. The number of nitrogens with one attached hydrogen (secondary N) is 1. The molecule has 0 aromatic rings. The van der Waals surface area contributed by atoms with E-state index in [1.807, 2.05) is 4.90 Å². The Morgan fingerprint density at radius 3 is 2.58 bits per heavy atom. The topological polar surface area (TPSA) is 69.6 Å². The Bertz CT molecular complexity index is 351. The second kappa shape index (κ2) is 5.80. The second-order valence-electron chi connectivity index (χ2n) is 5.80. The molecule has 1 saturated carbocycles. The molecule has 5 nitrogen and oxygen atoms in total. The molecule has 0 aromatic carbocycles. The third kappa shape index (κ3) is 2.85. The minimum absolute atomic E-state index is 0.180. The van der Waals surface area contributed by atoms with Crippen LogP contribution in [0.25, 0.3) is 0 Å². The zero-order chi connectivity index (χ0) is 13.9. The maximum Gasteiger partial charge on any atom is 0.329 e. The standard InChI is InChI=1S/C14H24N2O3/c1-2-6-11-7-3-4-10-16(11)13(19)15-14(12(17)18)8-5-9-14/h11H,2-10H2,1H3,(H,15,19)(H,17,18). The van der Waals surface area contributed by atoms with Gasteiger partial charge < -0.3 is 15.3 Å². The molecule has 0 radical (unpaired) electrons. The molecule has 1 saturated heterocycles. The van der Waals surface area contributed by atoms with E-state index in [0.717, 1.165) is 38.6 Å². The Balaban J connectivity index is 1.99. The van der Waals surface area contributed by atoms with E-state index in [9.17, 15) is 14.7 Å². The van der Waals surface area contributed by atoms with Crippen LogP contribution in [-0.2, 0) is 4.79 Å². The van der Waals surface area contributed by atoms with Crippen molar-refractivity contribution < 1.29 is 14.7 Å². The predicted octanol–water partition coefficient (Wildman–Crippen LogP) is 2.36. The fraction of sp³-hybridized carbons (Fsp3) is 0.857. The highest BCUT2D eigenvalue weighted by atomic mass is 16.4. The lowest BCUT2D eigenvalue weighted by molar-refractivity contribution is -0.148. The molecule has 2 fully saturated rings. The van der Waals surface area contributed by atoms with Crippen LogP contribution < -0.4 is 5.32 Å². The summed E-state index contributed by atoms with van der Waals surface area (Å²) < 4.78 is 0. The molecule has 2 amide bonds. The van der Waals surface area contributed by atoms with Crippen molar-refractivity contribution in [2.45, 2.75) is 69.9 Å². The highest BCUT2D eigenvalue weighted by molar-refractivity contribution is 5.87. The molecule has 19 heavy (non-hydrogen) atoms. The minimum Gasteiger partial charge on any atom is -0.480 e. The quantitative estimate of drug-likeness (QED) is 0.822. The van der Waals surface area contributed by atoms with Crippen molar-refractivity contribution >= 4 is 12.0 Å². The number of carbonyl (C=O) groups is 2. The van der Waals surface area contributed by atoms with E-state index in [1.165, 1.54) is 6.42 Å². The molecule has 5 heteroatoms. The number of amides is 2. The third-order valence-corrected chi connectivity index (χ3v) is 4.47. The van der Waals surface area contributed by atoms with E-state index in [4.69, 9.17) is 0 Å². The number of carbonyl (C=O) groups excluding carboxylic acids is 1. The van der Waals surface area contributed by atoms with Crippen LogP contribution in [0, 0.1) is 0 Å². The molecule has 1 aliphatic heterocycles. The second-order valence-corrected chi connectivity index (χ2v) is 5.80. The summed E-state index contributed by atoms with van der Waals surface area (Å²) in [5, 5.41) is 12.0. The Labute approximate surface area is 114 Å². The van der Waals surface area contributed by atoms with E-state index in [1.54, 1.807) is 0 Å². The van der Waals surface area contributed by atoms with Crippen LogP contribution in [-0.4, -0.2) is 40.1 Å². The largest absolute Gasteiger partial charge is 0.480 e. The van der Waals surface area contributed by atoms with Gasteiger partial charge in [0.1, 0.15) is 5.54 Å². The van der Waals surface area contributed by atoms with Crippen molar-refractivity contribution in [1.29, 1.82) is 0 Å². The first kappa shape index (κ1) is 14.2. The number of nitrogens with zero attached hydrogens (tertiary/aromatic N) is 1. The van der Waals surface area contributed by atoms with Gasteiger partial charge in [-0.1, -0.05) is 13.3 Å². The van der Waals surface area contributed by atoms with Crippen molar-refractivity contribution in [3.05, 3.63) is 0 Å². The first-order chi connectivity index (χ1) is 9.09. The van der Waals surface area contributed by atoms with Crippen LogP contribution in [0.1, 0.15) is 58.3 Å². The fourth-order valence-corrected chi connectivity index (χ4v) is 3.10. The van der Waals surface area contributed by atoms with Gasteiger partial charge in [-0.15, -0.1) is 0 Å². The van der Waals surface area contributed by atoms with Crippen LogP contribution >= 0.6 is 0 Å². The Kier molecular flexibility index (Phi) is 4.32. The summed E-state index contributed by atoms with van der Waals surface area (Å²) in [4.78, 5) is 25.5. The lowest BCUT2D eigenvalue weighted by Gasteiger charge is -2.42. The molecule has 0 aromatic heterocycles. The number of hydrogen-bond acceptors (Lipinski definition) is 2. The molecular weight excluding hydrogens is 244 g/mol. The van der Waals surface area contributed by atoms with Crippen LogP contribution in [0.5, 0.6) is 0 Å². The summed E-state index contributed by atoms with van der Waals surface area (Å²) in [6, 6.07) is 0.102. The molecule has 2 aliphatic rings. The lowest BCUT2D eigenvalue weighted by Crippen LogP contribution is -2.63. The monoisotopic (exact) mass is 268 g/mol. The summed E-state index contributed by atoms with van der Waals surface area (Å²) in [6.07, 6.45) is 7.28.